The predicted octanol–water partition coefficient (Wildman–Crippen LogP) is 4.10. The van der Waals surface area contributed by atoms with Gasteiger partial charge in [-0.15, -0.1) is 0 Å². The molecule has 6 aromatic rings. The maximum absolute atomic E-state index is 14.8. The first-order valence-electron chi connectivity index (χ1n) is 15.6. The van der Waals surface area contributed by atoms with Gasteiger partial charge in [0.25, 0.3) is 0 Å². The number of aliphatic hydroxyl groups is 1. The fraction of sp³-hybridized carbons (Fsp3) is 0.294. The summed E-state index contributed by atoms with van der Waals surface area (Å²) >= 11 is 0. The van der Waals surface area contributed by atoms with Gasteiger partial charge >= 0.3 is 0 Å². The lowest BCUT2D eigenvalue weighted by Crippen LogP contribution is -2.50. The first-order chi connectivity index (χ1) is 23.1. The van der Waals surface area contributed by atoms with Gasteiger partial charge in [-0.25, -0.2) is 33.4 Å². The topological polar surface area (TPSA) is 130 Å². The number of pyridine rings is 1. The van der Waals surface area contributed by atoms with Gasteiger partial charge < -0.3 is 24.8 Å². The van der Waals surface area contributed by atoms with Crippen LogP contribution in [0.3, 0.4) is 0 Å². The Labute approximate surface area is 273 Å². The number of anilines is 2. The number of aromatic nitrogens is 7. The van der Waals surface area contributed by atoms with Crippen LogP contribution < -0.4 is 10.2 Å². The average molecular weight is 651 g/mol. The van der Waals surface area contributed by atoms with Crippen LogP contribution in [0, 0.1) is 18.6 Å². The highest BCUT2D eigenvalue weighted by atomic mass is 19.1. The number of β-amino-alcohol motifs (C(OH)–C–C–N with tert-alkyl or cyclic N) is 1. The van der Waals surface area contributed by atoms with Crippen molar-refractivity contribution in [3.8, 4) is 16.9 Å². The zero-order valence-corrected chi connectivity index (χ0v) is 26.5. The van der Waals surface area contributed by atoms with Crippen LogP contribution in [-0.4, -0.2) is 88.0 Å². The number of nitrogens with zero attached hydrogens (tertiary/aromatic N) is 9. The summed E-state index contributed by atoms with van der Waals surface area (Å²) < 4.78 is 31.7. The summed E-state index contributed by atoms with van der Waals surface area (Å²) in [4.78, 5) is 36.4. The molecule has 3 atom stereocenters. The molecule has 0 saturated carbocycles. The molecule has 244 valence electrons. The molecule has 0 radical (unpaired) electrons. The van der Waals surface area contributed by atoms with E-state index in [9.17, 15) is 18.7 Å². The van der Waals surface area contributed by atoms with Gasteiger partial charge in [0.05, 0.1) is 47.0 Å². The number of hydrogen-bond donors (Lipinski definition) is 2. The Morgan fingerprint density at radius 1 is 1.04 bits per heavy atom. The number of amides is 1. The van der Waals surface area contributed by atoms with Gasteiger partial charge in [0.15, 0.2) is 11.5 Å². The van der Waals surface area contributed by atoms with Gasteiger partial charge in [-0.3, -0.25) is 4.79 Å². The smallest absolute Gasteiger partial charge is 0.245 e. The van der Waals surface area contributed by atoms with Crippen molar-refractivity contribution in [2.45, 2.75) is 44.5 Å². The van der Waals surface area contributed by atoms with Crippen LogP contribution in [0.5, 0.6) is 0 Å². The van der Waals surface area contributed by atoms with E-state index in [4.69, 9.17) is 9.97 Å². The first kappa shape index (κ1) is 29.9. The van der Waals surface area contributed by atoms with Crippen molar-refractivity contribution in [3.63, 3.8) is 0 Å². The Bertz CT molecular complexity index is 2230. The van der Waals surface area contributed by atoms with E-state index in [1.807, 2.05) is 52.8 Å². The molecule has 2 aliphatic heterocycles. The molecule has 2 aliphatic rings. The molecular weight excluding hydrogens is 618 g/mol. The van der Waals surface area contributed by atoms with Crippen LogP contribution in [-0.2, 0) is 11.3 Å². The summed E-state index contributed by atoms with van der Waals surface area (Å²) in [5, 5.41) is 20.2. The second kappa shape index (κ2) is 11.0. The van der Waals surface area contributed by atoms with Crippen molar-refractivity contribution in [1.82, 2.24) is 39.2 Å². The summed E-state index contributed by atoms with van der Waals surface area (Å²) in [6, 6.07) is 14.0. The van der Waals surface area contributed by atoms with E-state index in [1.165, 1.54) is 23.3 Å². The van der Waals surface area contributed by atoms with Crippen molar-refractivity contribution in [1.29, 1.82) is 0 Å². The molecule has 1 fully saturated rings. The SMILES string of the molecule is Cc1nc2cccc3c2n1C[C@@](C)(O)CN(C)C(=O)[C@@H]1C[C@@H](CN1c1ncnc2c1cnn2-c1ccc(F)cc1F)Nc1cccc-3n1. The summed E-state index contributed by atoms with van der Waals surface area (Å²) in [6.07, 6.45) is 3.28. The second-order valence-electron chi connectivity index (χ2n) is 12.8. The minimum atomic E-state index is -1.31. The molecule has 12 nitrogen and oxygen atoms in total. The normalized spacial score (nSPS) is 21.4. The zero-order valence-electron chi connectivity index (χ0n) is 26.5. The molecule has 1 saturated heterocycles. The van der Waals surface area contributed by atoms with Crippen molar-refractivity contribution >= 4 is 39.6 Å². The summed E-state index contributed by atoms with van der Waals surface area (Å²) in [7, 11) is 1.69. The van der Waals surface area contributed by atoms with E-state index in [0.29, 0.717) is 35.6 Å². The third-order valence-corrected chi connectivity index (χ3v) is 9.13. The van der Waals surface area contributed by atoms with E-state index in [0.717, 1.165) is 40.2 Å². The molecular formula is C34H32F2N10O2. The third kappa shape index (κ3) is 4.99. The number of para-hydroxylation sites is 1. The lowest BCUT2D eigenvalue weighted by atomic mass is 10.0. The maximum atomic E-state index is 14.8. The molecule has 48 heavy (non-hydrogen) atoms. The number of hydrogen-bond acceptors (Lipinski definition) is 9. The highest BCUT2D eigenvalue weighted by Gasteiger charge is 2.41. The molecule has 14 heteroatoms. The van der Waals surface area contributed by atoms with Gasteiger partial charge in [-0.05, 0) is 50.6 Å². The monoisotopic (exact) mass is 650 g/mol. The van der Waals surface area contributed by atoms with Gasteiger partial charge in [0.1, 0.15) is 41.3 Å². The lowest BCUT2D eigenvalue weighted by molar-refractivity contribution is -0.134. The quantitative estimate of drug-likeness (QED) is 0.285. The van der Waals surface area contributed by atoms with Gasteiger partial charge in [-0.1, -0.05) is 18.2 Å². The highest BCUT2D eigenvalue weighted by Crippen LogP contribution is 2.35. The molecule has 0 spiro atoms. The molecule has 6 heterocycles. The van der Waals surface area contributed by atoms with Crippen LogP contribution in [0.25, 0.3) is 39.0 Å². The number of carbonyl (C=O) groups is 1. The number of benzene rings is 2. The number of imidazole rings is 1. The fourth-order valence-electron chi connectivity index (χ4n) is 7.11. The molecule has 2 N–H and O–H groups in total. The van der Waals surface area contributed by atoms with Crippen molar-refractivity contribution in [2.75, 3.05) is 30.4 Å². The first-order valence-corrected chi connectivity index (χ1v) is 15.6. The van der Waals surface area contributed by atoms with Gasteiger partial charge in [-0.2, -0.15) is 5.10 Å². The minimum absolute atomic E-state index is 0.0333. The molecule has 4 bridgehead atoms. The van der Waals surface area contributed by atoms with E-state index in [-0.39, 0.29) is 30.7 Å². The number of rotatable bonds is 2. The van der Waals surface area contributed by atoms with E-state index in [1.54, 1.807) is 18.9 Å². The predicted molar refractivity (Wildman–Crippen MR) is 176 cm³/mol. The molecule has 0 unspecified atom stereocenters. The molecule has 8 rings (SSSR count). The second-order valence-corrected chi connectivity index (χ2v) is 12.8. The molecule has 4 aromatic heterocycles. The number of fused-ring (bicyclic) bond motifs is 6. The summed E-state index contributed by atoms with van der Waals surface area (Å²) in [5.74, 6) is 0.145. The van der Waals surface area contributed by atoms with Crippen molar-refractivity contribution < 1.29 is 18.7 Å². The zero-order chi connectivity index (χ0) is 33.3. The number of likely N-dealkylation sites (N-methyl/N-ethyl adjacent to an activating group) is 1. The van der Waals surface area contributed by atoms with Crippen LogP contribution in [0.4, 0.5) is 20.4 Å². The van der Waals surface area contributed by atoms with Crippen molar-refractivity contribution in [3.05, 3.63) is 84.6 Å². The third-order valence-electron chi connectivity index (χ3n) is 9.13. The largest absolute Gasteiger partial charge is 0.386 e. The van der Waals surface area contributed by atoms with Crippen LogP contribution in [0.15, 0.2) is 67.1 Å². The lowest BCUT2D eigenvalue weighted by Gasteiger charge is -2.33. The summed E-state index contributed by atoms with van der Waals surface area (Å²) in [5.41, 5.74) is 2.33. The van der Waals surface area contributed by atoms with Crippen molar-refractivity contribution in [2.24, 2.45) is 0 Å². The van der Waals surface area contributed by atoms with Crippen LogP contribution in [0.1, 0.15) is 19.2 Å². The summed E-state index contributed by atoms with van der Waals surface area (Å²) in [6.45, 7) is 4.26. The average Bonchev–Trinajstić information content (AvgIpc) is 3.75. The number of halogens is 2. The Morgan fingerprint density at radius 3 is 2.71 bits per heavy atom. The Morgan fingerprint density at radius 2 is 1.88 bits per heavy atom. The molecule has 1 amide bonds. The van der Waals surface area contributed by atoms with E-state index < -0.39 is 23.3 Å². The number of carbonyl (C=O) groups excluding carboxylic acids is 1. The van der Waals surface area contributed by atoms with Gasteiger partial charge in [0, 0.05) is 31.3 Å². The highest BCUT2D eigenvalue weighted by molar-refractivity contribution is 5.93. The number of aryl methyl sites for hydroxylation is 1. The Balaban J connectivity index is 1.23. The van der Waals surface area contributed by atoms with Crippen LogP contribution >= 0.6 is 0 Å². The van der Waals surface area contributed by atoms with Gasteiger partial charge in [0.2, 0.25) is 5.91 Å². The molecule has 2 aromatic carbocycles. The number of nitrogens with one attached hydrogen (secondary N) is 1. The van der Waals surface area contributed by atoms with E-state index in [2.05, 4.69) is 20.4 Å². The Hall–Kier alpha value is -5.50. The minimum Gasteiger partial charge on any atom is -0.386 e. The van der Waals surface area contributed by atoms with Crippen LogP contribution in [0.2, 0.25) is 0 Å². The Kier molecular flexibility index (Phi) is 6.87. The maximum Gasteiger partial charge on any atom is 0.245 e. The van der Waals surface area contributed by atoms with E-state index >= 15 is 0 Å². The molecule has 0 aliphatic carbocycles. The standard InChI is InChI=1S/C34H32F2N10O2/c1-19-40-26-8-4-6-22-25-7-5-9-29(42-25)41-21-13-28(33(47)43(3)16-34(2,48)17-45(19)30(22)26)44(15-21)31-23-14-39-46(32(23)38-18-37-31)27-11-10-20(35)12-24(27)36/h4-12,14,18,21,28,48H,13,15-17H2,1-3H3,(H,41,42)/t21-,28-,34-/m0/s1. The fourth-order valence-corrected chi connectivity index (χ4v) is 7.11.